The number of nitrogens with zero attached hydrogens (tertiary/aromatic N) is 4. The van der Waals surface area contributed by atoms with Crippen LogP contribution < -0.4 is 39.3 Å². The van der Waals surface area contributed by atoms with Crippen LogP contribution in [0.5, 0.6) is 0 Å². The average Bonchev–Trinajstić information content (AvgIpc) is 3.10. The van der Waals surface area contributed by atoms with E-state index in [1.807, 2.05) is 0 Å². The first-order chi connectivity index (χ1) is 17.0. The molecule has 1 amide bonds. The van der Waals surface area contributed by atoms with Crippen molar-refractivity contribution in [2.24, 2.45) is 15.3 Å². The normalized spacial score (nSPS) is 16.0. The molecule has 0 aromatic heterocycles. The van der Waals surface area contributed by atoms with E-state index in [1.165, 1.54) is 37.3 Å². The third-order valence-electron chi connectivity index (χ3n) is 4.97. The van der Waals surface area contributed by atoms with Crippen LogP contribution in [0.2, 0.25) is 5.02 Å². The molecular weight excluding hydrogens is 553 g/mol. The molecule has 3 aromatic carbocycles. The first-order valence-electron chi connectivity index (χ1n) is 10.2. The molecule has 1 aliphatic rings. The van der Waals surface area contributed by atoms with E-state index in [0.717, 1.165) is 17.1 Å². The predicted octanol–water partition coefficient (Wildman–Crippen LogP) is 0.924. The number of carbonyl (C=O) groups excluding carboxylic acids is 1. The first kappa shape index (κ1) is 28.9. The third-order valence-corrected chi connectivity index (χ3v) is 7.50. The minimum Gasteiger partial charge on any atom is -0.744 e. The number of nitrogens with one attached hydrogen (secondary N) is 1. The number of anilines is 2. The van der Waals surface area contributed by atoms with Crippen LogP contribution in [0.3, 0.4) is 0 Å². The molecule has 3 aromatic rings. The maximum atomic E-state index is 12.9. The smallest absolute Gasteiger partial charge is 0.744 e. The zero-order valence-corrected chi connectivity index (χ0v) is 23.8. The number of hydrogen-bond donors (Lipinski definition) is 1. The average molecular weight is 570 g/mol. The van der Waals surface area contributed by atoms with Crippen molar-refractivity contribution in [2.75, 3.05) is 9.73 Å². The molecule has 1 unspecified atom stereocenters. The van der Waals surface area contributed by atoms with Crippen molar-refractivity contribution >= 4 is 60.4 Å². The van der Waals surface area contributed by atoms with Gasteiger partial charge in [0, 0.05) is 5.69 Å². The van der Waals surface area contributed by atoms with Crippen molar-refractivity contribution in [1.29, 1.82) is 0 Å². The summed E-state index contributed by atoms with van der Waals surface area (Å²) in [5.41, 5.74) is 0.684. The fourth-order valence-corrected chi connectivity index (χ4v) is 5.02. The van der Waals surface area contributed by atoms with Crippen LogP contribution in [-0.2, 0) is 24.9 Å². The summed E-state index contributed by atoms with van der Waals surface area (Å²) in [5, 5.41) is 12.9. The third kappa shape index (κ3) is 6.62. The minimum atomic E-state index is -4.79. The molecule has 15 heteroatoms. The number of hydrogen-bond acceptors (Lipinski definition) is 9. The molecule has 0 spiro atoms. The summed E-state index contributed by atoms with van der Waals surface area (Å²) in [5.74, 6) is -0.687. The number of halogens is 1. The second kappa shape index (κ2) is 11.4. The summed E-state index contributed by atoms with van der Waals surface area (Å²) in [6.45, 7) is 1.51. The first-order valence-corrected chi connectivity index (χ1v) is 13.5. The van der Waals surface area contributed by atoms with Gasteiger partial charge in [0.05, 0.1) is 31.9 Å². The number of benzene rings is 3. The van der Waals surface area contributed by atoms with E-state index >= 15 is 0 Å². The van der Waals surface area contributed by atoms with Gasteiger partial charge in [-0.25, -0.2) is 16.8 Å². The Morgan fingerprint density at radius 3 is 2.35 bits per heavy atom. The molecule has 0 bridgehead atoms. The van der Waals surface area contributed by atoms with Crippen LogP contribution in [0.4, 0.5) is 17.1 Å². The maximum absolute atomic E-state index is 12.9. The zero-order chi connectivity index (χ0) is 26.1. The minimum absolute atomic E-state index is 0. The van der Waals surface area contributed by atoms with Gasteiger partial charge in [-0.05, 0) is 55.5 Å². The van der Waals surface area contributed by atoms with E-state index in [-0.39, 0.29) is 56.6 Å². The monoisotopic (exact) mass is 569 g/mol. The number of azo groups is 1. The van der Waals surface area contributed by atoms with Crippen LogP contribution in [0.1, 0.15) is 6.92 Å². The number of hydrazone groups is 1. The Hall–Kier alpha value is -2.65. The van der Waals surface area contributed by atoms with Gasteiger partial charge in [-0.15, -0.1) is 0 Å². The van der Waals surface area contributed by atoms with Gasteiger partial charge >= 0.3 is 29.6 Å². The molecule has 0 radical (unpaired) electrons. The Morgan fingerprint density at radius 1 is 0.973 bits per heavy atom. The van der Waals surface area contributed by atoms with E-state index < -0.39 is 37.0 Å². The molecule has 1 aliphatic heterocycles. The van der Waals surface area contributed by atoms with E-state index in [4.69, 9.17) is 11.6 Å². The Labute approximate surface area is 240 Å². The summed E-state index contributed by atoms with van der Waals surface area (Å²) in [6, 6.07) is 16.0. The molecule has 37 heavy (non-hydrogen) atoms. The van der Waals surface area contributed by atoms with Gasteiger partial charge in [-0.2, -0.15) is 20.3 Å². The van der Waals surface area contributed by atoms with E-state index in [2.05, 4.69) is 20.1 Å². The molecule has 0 fully saturated rings. The largest absolute Gasteiger partial charge is 1.00 e. The van der Waals surface area contributed by atoms with Gasteiger partial charge in [0.15, 0.2) is 6.04 Å². The molecule has 1 N–H and O–H groups in total. The van der Waals surface area contributed by atoms with Crippen molar-refractivity contribution in [3.8, 4) is 0 Å². The molecule has 1 heterocycles. The molecular formula is C22H17ClN5NaO6S2. The molecule has 4 rings (SSSR count). The van der Waals surface area contributed by atoms with Crippen LogP contribution in [0.15, 0.2) is 97.9 Å². The SMILES string of the molecule is CC1=NN(c2cc(S(=O)(=O)[O-])ccc2Cl)C(=O)C1N=Nc1cccc(S(=O)(=O)Nc2ccccc2)c1.[Na+]. The fraction of sp³-hybridized carbons (Fsp3) is 0.0909. The fourth-order valence-electron chi connectivity index (χ4n) is 3.23. The second-order valence-corrected chi connectivity index (χ2v) is 11.0. The van der Waals surface area contributed by atoms with Crippen molar-refractivity contribution in [3.05, 3.63) is 77.8 Å². The van der Waals surface area contributed by atoms with Crippen LogP contribution in [-0.4, -0.2) is 39.0 Å². The van der Waals surface area contributed by atoms with Crippen molar-refractivity contribution in [1.82, 2.24) is 0 Å². The van der Waals surface area contributed by atoms with Gasteiger partial charge in [0.2, 0.25) is 0 Å². The summed E-state index contributed by atoms with van der Waals surface area (Å²) in [4.78, 5) is 12.3. The van der Waals surface area contributed by atoms with Crippen LogP contribution in [0, 0.1) is 0 Å². The maximum Gasteiger partial charge on any atom is 1.00 e. The summed E-state index contributed by atoms with van der Waals surface area (Å²) in [7, 11) is -8.69. The molecule has 0 aliphatic carbocycles. The van der Waals surface area contributed by atoms with Crippen molar-refractivity contribution < 1.29 is 55.7 Å². The topological polar surface area (TPSA) is 161 Å². The Bertz CT molecular complexity index is 1620. The van der Waals surface area contributed by atoms with Gasteiger partial charge < -0.3 is 4.55 Å². The number of carbonyl (C=O) groups is 1. The molecule has 11 nitrogen and oxygen atoms in total. The summed E-state index contributed by atoms with van der Waals surface area (Å²) >= 11 is 6.10. The van der Waals surface area contributed by atoms with Gasteiger partial charge in [0.25, 0.3) is 15.9 Å². The molecule has 0 saturated heterocycles. The predicted molar refractivity (Wildman–Crippen MR) is 132 cm³/mol. The Morgan fingerprint density at radius 2 is 1.68 bits per heavy atom. The van der Waals surface area contributed by atoms with Crippen molar-refractivity contribution in [2.45, 2.75) is 22.8 Å². The van der Waals surface area contributed by atoms with Gasteiger partial charge in [0.1, 0.15) is 10.1 Å². The zero-order valence-electron chi connectivity index (χ0n) is 19.4. The number of para-hydroxylation sites is 1. The summed E-state index contributed by atoms with van der Waals surface area (Å²) in [6.07, 6.45) is 0. The van der Waals surface area contributed by atoms with E-state index in [1.54, 1.807) is 30.3 Å². The Kier molecular flexibility index (Phi) is 8.90. The Balaban J connectivity index is 0.00000380. The van der Waals surface area contributed by atoms with Crippen molar-refractivity contribution in [3.63, 3.8) is 0 Å². The van der Waals surface area contributed by atoms with Crippen LogP contribution >= 0.6 is 11.6 Å². The van der Waals surface area contributed by atoms with Gasteiger partial charge in [-0.3, -0.25) is 9.52 Å². The summed E-state index contributed by atoms with van der Waals surface area (Å²) < 4.78 is 62.0. The quantitative estimate of drug-likeness (QED) is 0.253. The second-order valence-electron chi connectivity index (χ2n) is 7.55. The van der Waals surface area contributed by atoms with E-state index in [9.17, 15) is 26.2 Å². The molecule has 0 saturated carbocycles. The standard InChI is InChI=1S/C22H18ClN5O6S2.Na/c1-14-21(22(29)28(26-14)20-13-18(36(32,33)34)10-11-19(20)23)25-24-16-8-5-9-17(12-16)35(30,31)27-15-6-3-2-4-7-15;/h2-13,21,27H,1H3,(H,32,33,34);/q;+1/p-1. The van der Waals surface area contributed by atoms with Crippen LogP contribution in [0.25, 0.3) is 0 Å². The number of sulfonamides is 1. The van der Waals surface area contributed by atoms with E-state index in [0.29, 0.717) is 5.69 Å². The molecule has 1 atom stereocenters. The number of rotatable bonds is 7. The van der Waals surface area contributed by atoms with Gasteiger partial charge in [-0.1, -0.05) is 35.9 Å². The number of amides is 1. The molecule has 186 valence electrons.